The average Bonchev–Trinajstić information content (AvgIpc) is 2.22. The third-order valence-electron chi connectivity index (χ3n) is 2.73. The van der Waals surface area contributed by atoms with Gasteiger partial charge in [0.15, 0.2) is 0 Å². The minimum absolute atomic E-state index is 0.105. The minimum Gasteiger partial charge on any atom is -0.396 e. The van der Waals surface area contributed by atoms with Gasteiger partial charge in [-0.1, -0.05) is 36.2 Å². The van der Waals surface area contributed by atoms with Crippen LogP contribution in [-0.2, 0) is 5.41 Å². The Morgan fingerprint density at radius 3 is 2.47 bits per heavy atom. The fraction of sp³-hybridized carbons (Fsp3) is 0.455. The summed E-state index contributed by atoms with van der Waals surface area (Å²) >= 11 is 11.8. The molecule has 0 radical (unpaired) electrons. The first-order valence-corrected chi connectivity index (χ1v) is 5.55. The van der Waals surface area contributed by atoms with E-state index in [0.29, 0.717) is 23.0 Å². The number of aliphatic hydroxyl groups is 1. The fourth-order valence-electron chi connectivity index (χ4n) is 1.48. The molecule has 0 saturated carbocycles. The number of halogens is 2. The van der Waals surface area contributed by atoms with Gasteiger partial charge in [-0.3, -0.25) is 0 Å². The highest BCUT2D eigenvalue weighted by Gasteiger charge is 2.24. The number of rotatable bonds is 4. The third-order valence-corrected chi connectivity index (χ3v) is 3.47. The van der Waals surface area contributed by atoms with Crippen LogP contribution in [0.5, 0.6) is 0 Å². The Kier molecular flexibility index (Phi) is 4.41. The molecular formula is C11H15Cl2NO. The number of nitrogens with two attached hydrogens (primary N) is 1. The lowest BCUT2D eigenvalue weighted by Gasteiger charge is -2.28. The lowest BCUT2D eigenvalue weighted by atomic mass is 9.80. The minimum atomic E-state index is -0.247. The van der Waals surface area contributed by atoms with Crippen molar-refractivity contribution < 1.29 is 5.11 Å². The van der Waals surface area contributed by atoms with E-state index in [-0.39, 0.29) is 12.0 Å². The highest BCUT2D eigenvalue weighted by molar-refractivity contribution is 6.42. The molecule has 0 aromatic heterocycles. The first kappa shape index (κ1) is 12.8. The predicted octanol–water partition coefficient (Wildman–Crippen LogP) is 2.59. The summed E-state index contributed by atoms with van der Waals surface area (Å²) in [5.74, 6) is 0. The van der Waals surface area contributed by atoms with Crippen molar-refractivity contribution in [1.29, 1.82) is 0 Å². The number of hydrogen-bond donors (Lipinski definition) is 2. The third kappa shape index (κ3) is 2.85. The number of benzene rings is 1. The van der Waals surface area contributed by atoms with Crippen molar-refractivity contribution in [2.45, 2.75) is 18.8 Å². The molecule has 1 rings (SSSR count). The molecule has 1 aromatic carbocycles. The maximum absolute atomic E-state index is 9.00. The molecule has 0 bridgehead atoms. The van der Waals surface area contributed by atoms with Crippen LogP contribution in [0.2, 0.25) is 10.0 Å². The molecule has 0 saturated heterocycles. The van der Waals surface area contributed by atoms with Gasteiger partial charge >= 0.3 is 0 Å². The maximum atomic E-state index is 9.00. The number of hydrogen-bond acceptors (Lipinski definition) is 2. The van der Waals surface area contributed by atoms with Crippen molar-refractivity contribution in [1.82, 2.24) is 0 Å². The van der Waals surface area contributed by atoms with Crippen LogP contribution >= 0.6 is 23.2 Å². The Morgan fingerprint density at radius 2 is 2.00 bits per heavy atom. The van der Waals surface area contributed by atoms with Gasteiger partial charge in [0.1, 0.15) is 0 Å². The molecular weight excluding hydrogens is 233 g/mol. The summed E-state index contributed by atoms with van der Waals surface area (Å²) in [7, 11) is 0. The van der Waals surface area contributed by atoms with Crippen molar-refractivity contribution in [2.75, 3.05) is 13.2 Å². The molecule has 0 aliphatic heterocycles. The van der Waals surface area contributed by atoms with Crippen LogP contribution in [0.15, 0.2) is 18.2 Å². The molecule has 0 aliphatic rings. The SMILES string of the molecule is CC(CN)(CCO)c1ccc(Cl)c(Cl)c1. The van der Waals surface area contributed by atoms with Gasteiger partial charge in [-0.25, -0.2) is 0 Å². The first-order valence-electron chi connectivity index (χ1n) is 4.80. The largest absolute Gasteiger partial charge is 0.396 e. The Morgan fingerprint density at radius 1 is 1.33 bits per heavy atom. The summed E-state index contributed by atoms with van der Waals surface area (Å²) in [6.07, 6.45) is 0.613. The quantitative estimate of drug-likeness (QED) is 0.860. The molecule has 15 heavy (non-hydrogen) atoms. The molecule has 0 fully saturated rings. The zero-order valence-corrected chi connectivity index (χ0v) is 10.1. The van der Waals surface area contributed by atoms with Crippen molar-refractivity contribution in [3.63, 3.8) is 0 Å². The van der Waals surface area contributed by atoms with Crippen LogP contribution in [-0.4, -0.2) is 18.3 Å². The van der Waals surface area contributed by atoms with Crippen LogP contribution in [0.1, 0.15) is 18.9 Å². The van der Waals surface area contributed by atoms with E-state index in [1.54, 1.807) is 6.07 Å². The van der Waals surface area contributed by atoms with E-state index in [2.05, 4.69) is 0 Å². The Hall–Kier alpha value is -0.280. The molecule has 0 amide bonds. The van der Waals surface area contributed by atoms with Gasteiger partial charge in [-0.2, -0.15) is 0 Å². The molecule has 0 spiro atoms. The molecule has 1 atom stereocenters. The van der Waals surface area contributed by atoms with E-state index in [1.807, 2.05) is 19.1 Å². The van der Waals surface area contributed by atoms with Crippen LogP contribution in [0, 0.1) is 0 Å². The Balaban J connectivity index is 3.07. The van der Waals surface area contributed by atoms with Crippen LogP contribution in [0.4, 0.5) is 0 Å². The van der Waals surface area contributed by atoms with E-state index in [9.17, 15) is 0 Å². The van der Waals surface area contributed by atoms with Gasteiger partial charge < -0.3 is 10.8 Å². The van der Waals surface area contributed by atoms with Crippen molar-refractivity contribution >= 4 is 23.2 Å². The predicted molar refractivity (Wildman–Crippen MR) is 64.6 cm³/mol. The first-order chi connectivity index (χ1) is 7.03. The normalized spacial score (nSPS) is 15.0. The molecule has 4 heteroatoms. The molecule has 3 N–H and O–H groups in total. The van der Waals surface area contributed by atoms with E-state index < -0.39 is 0 Å². The highest BCUT2D eigenvalue weighted by Crippen LogP contribution is 2.31. The molecule has 0 aliphatic carbocycles. The summed E-state index contributed by atoms with van der Waals surface area (Å²) in [5, 5.41) is 10.1. The van der Waals surface area contributed by atoms with E-state index in [0.717, 1.165) is 5.56 Å². The monoisotopic (exact) mass is 247 g/mol. The van der Waals surface area contributed by atoms with Crippen molar-refractivity contribution in [2.24, 2.45) is 5.73 Å². The molecule has 1 unspecified atom stereocenters. The second-order valence-corrected chi connectivity index (χ2v) is 4.68. The van der Waals surface area contributed by atoms with Gasteiger partial charge in [0.05, 0.1) is 10.0 Å². The summed E-state index contributed by atoms with van der Waals surface area (Å²) in [5.41, 5.74) is 6.49. The zero-order chi connectivity index (χ0) is 11.5. The number of aliphatic hydroxyl groups excluding tert-OH is 1. The molecule has 0 heterocycles. The van der Waals surface area contributed by atoms with Crippen LogP contribution in [0.25, 0.3) is 0 Å². The van der Waals surface area contributed by atoms with Gasteiger partial charge in [-0.15, -0.1) is 0 Å². The molecule has 2 nitrogen and oxygen atoms in total. The van der Waals surface area contributed by atoms with Crippen LogP contribution < -0.4 is 5.73 Å². The molecule has 1 aromatic rings. The van der Waals surface area contributed by atoms with E-state index >= 15 is 0 Å². The Bertz CT molecular complexity index is 343. The average molecular weight is 248 g/mol. The fourth-order valence-corrected chi connectivity index (χ4v) is 1.78. The van der Waals surface area contributed by atoms with Crippen LogP contribution in [0.3, 0.4) is 0 Å². The molecule has 84 valence electrons. The second-order valence-electron chi connectivity index (χ2n) is 3.87. The van der Waals surface area contributed by atoms with Gasteiger partial charge in [0.25, 0.3) is 0 Å². The van der Waals surface area contributed by atoms with E-state index in [1.165, 1.54) is 0 Å². The highest BCUT2D eigenvalue weighted by atomic mass is 35.5. The summed E-state index contributed by atoms with van der Waals surface area (Å²) < 4.78 is 0. The van der Waals surface area contributed by atoms with Gasteiger partial charge in [0, 0.05) is 18.6 Å². The lowest BCUT2D eigenvalue weighted by molar-refractivity contribution is 0.247. The topological polar surface area (TPSA) is 46.2 Å². The standard InChI is InChI=1S/C11H15Cl2NO/c1-11(7-14,4-5-15)8-2-3-9(12)10(13)6-8/h2-3,6,15H,4-5,7,14H2,1H3. The van der Waals surface area contributed by atoms with E-state index in [4.69, 9.17) is 34.0 Å². The van der Waals surface area contributed by atoms with Crippen molar-refractivity contribution in [3.05, 3.63) is 33.8 Å². The smallest absolute Gasteiger partial charge is 0.0595 e. The maximum Gasteiger partial charge on any atom is 0.0595 e. The van der Waals surface area contributed by atoms with Gasteiger partial charge in [0.2, 0.25) is 0 Å². The summed E-state index contributed by atoms with van der Waals surface area (Å²) in [6.45, 7) is 2.57. The summed E-state index contributed by atoms with van der Waals surface area (Å²) in [4.78, 5) is 0. The van der Waals surface area contributed by atoms with Gasteiger partial charge in [-0.05, 0) is 24.1 Å². The zero-order valence-electron chi connectivity index (χ0n) is 8.63. The second kappa shape index (κ2) is 5.17. The lowest BCUT2D eigenvalue weighted by Crippen LogP contribution is -2.32. The van der Waals surface area contributed by atoms with Crippen molar-refractivity contribution in [3.8, 4) is 0 Å². The summed E-state index contributed by atoms with van der Waals surface area (Å²) in [6, 6.07) is 5.47. The Labute approximate surface area is 100.0 Å².